The Hall–Kier alpha value is -1.50. The minimum absolute atomic E-state index is 0.682. The summed E-state index contributed by atoms with van der Waals surface area (Å²) in [7, 11) is 0. The summed E-state index contributed by atoms with van der Waals surface area (Å²) in [5, 5.41) is 0. The van der Waals surface area contributed by atoms with Crippen LogP contribution in [-0.4, -0.2) is 6.54 Å². The molecule has 3 rings (SSSR count). The van der Waals surface area contributed by atoms with E-state index < -0.39 is 0 Å². The van der Waals surface area contributed by atoms with Gasteiger partial charge in [0.2, 0.25) is 0 Å². The molecule has 88 valence electrons. The number of hydrogen-bond acceptors (Lipinski definition) is 1. The standard InChI is InChI=1S/C16H19N/c1-13-7-5-11-16-15(13)10-6-12-17(16)14-8-3-2-4-9-14/h2-5,7-9,11,13,15H,6,10,12H2,1H3. The fraction of sp³-hybridized carbons (Fsp3) is 0.375. The Morgan fingerprint density at radius 1 is 1.18 bits per heavy atom. The Labute approximate surface area is 103 Å². The fourth-order valence-corrected chi connectivity index (χ4v) is 3.04. The van der Waals surface area contributed by atoms with Gasteiger partial charge in [0, 0.05) is 23.8 Å². The monoisotopic (exact) mass is 225 g/mol. The van der Waals surface area contributed by atoms with Crippen LogP contribution in [0.1, 0.15) is 19.8 Å². The molecule has 0 aromatic heterocycles. The Bertz CT molecular complexity index is 444. The molecule has 0 saturated carbocycles. The lowest BCUT2D eigenvalue weighted by molar-refractivity contribution is 0.393. The number of allylic oxidation sites excluding steroid dienone is 4. The van der Waals surface area contributed by atoms with E-state index in [1.807, 2.05) is 0 Å². The van der Waals surface area contributed by atoms with Crippen molar-refractivity contribution in [3.05, 3.63) is 54.3 Å². The molecule has 1 aromatic rings. The van der Waals surface area contributed by atoms with E-state index in [2.05, 4.69) is 60.4 Å². The SMILES string of the molecule is CC1C=CC=C2C1CCCN2c1ccccc1. The maximum atomic E-state index is 2.49. The molecule has 2 atom stereocenters. The molecule has 0 spiro atoms. The molecule has 2 aliphatic rings. The predicted molar refractivity (Wildman–Crippen MR) is 72.9 cm³/mol. The Balaban J connectivity index is 1.95. The fourth-order valence-electron chi connectivity index (χ4n) is 3.04. The van der Waals surface area contributed by atoms with Crippen LogP contribution in [0.5, 0.6) is 0 Å². The smallest absolute Gasteiger partial charge is 0.0408 e. The summed E-state index contributed by atoms with van der Waals surface area (Å²) in [5.41, 5.74) is 2.85. The number of hydrogen-bond donors (Lipinski definition) is 0. The van der Waals surface area contributed by atoms with Gasteiger partial charge in [0.1, 0.15) is 0 Å². The topological polar surface area (TPSA) is 3.24 Å². The lowest BCUT2D eigenvalue weighted by Gasteiger charge is -2.40. The van der Waals surface area contributed by atoms with Crippen LogP contribution in [0.15, 0.2) is 54.3 Å². The highest BCUT2D eigenvalue weighted by Gasteiger charge is 2.29. The average molecular weight is 225 g/mol. The van der Waals surface area contributed by atoms with Gasteiger partial charge in [-0.1, -0.05) is 37.3 Å². The van der Waals surface area contributed by atoms with Crippen molar-refractivity contribution in [2.45, 2.75) is 19.8 Å². The quantitative estimate of drug-likeness (QED) is 0.698. The summed E-state index contributed by atoms with van der Waals surface area (Å²) in [4.78, 5) is 2.49. The first-order valence-electron chi connectivity index (χ1n) is 6.57. The molecule has 1 aliphatic carbocycles. The minimum atomic E-state index is 0.682. The van der Waals surface area contributed by atoms with E-state index in [9.17, 15) is 0 Å². The van der Waals surface area contributed by atoms with Gasteiger partial charge in [0.15, 0.2) is 0 Å². The van der Waals surface area contributed by atoms with E-state index in [0.717, 1.165) is 6.54 Å². The first-order chi connectivity index (χ1) is 8.36. The van der Waals surface area contributed by atoms with Gasteiger partial charge in [-0.05, 0) is 37.0 Å². The van der Waals surface area contributed by atoms with E-state index in [1.54, 1.807) is 0 Å². The van der Waals surface area contributed by atoms with Crippen LogP contribution in [0.4, 0.5) is 5.69 Å². The second kappa shape index (κ2) is 4.40. The van der Waals surface area contributed by atoms with Crippen LogP contribution in [0, 0.1) is 11.8 Å². The Morgan fingerprint density at radius 2 is 2.00 bits per heavy atom. The number of fused-ring (bicyclic) bond motifs is 1. The first-order valence-corrected chi connectivity index (χ1v) is 6.57. The molecule has 1 saturated heterocycles. The van der Waals surface area contributed by atoms with Gasteiger partial charge in [-0.25, -0.2) is 0 Å². The molecule has 1 fully saturated rings. The molecule has 0 N–H and O–H groups in total. The third-order valence-corrected chi connectivity index (χ3v) is 3.97. The zero-order valence-electron chi connectivity index (χ0n) is 10.3. The lowest BCUT2D eigenvalue weighted by atomic mass is 9.80. The molecule has 0 bridgehead atoms. The van der Waals surface area contributed by atoms with Gasteiger partial charge in [-0.2, -0.15) is 0 Å². The largest absolute Gasteiger partial charge is 0.345 e. The zero-order chi connectivity index (χ0) is 11.7. The van der Waals surface area contributed by atoms with Crippen molar-refractivity contribution in [3.8, 4) is 0 Å². The average Bonchev–Trinajstić information content (AvgIpc) is 2.40. The molecule has 0 amide bonds. The van der Waals surface area contributed by atoms with Crippen LogP contribution in [0.3, 0.4) is 0 Å². The van der Waals surface area contributed by atoms with E-state index in [-0.39, 0.29) is 0 Å². The van der Waals surface area contributed by atoms with Gasteiger partial charge in [0.25, 0.3) is 0 Å². The molecule has 2 unspecified atom stereocenters. The van der Waals surface area contributed by atoms with Crippen molar-refractivity contribution in [1.82, 2.24) is 0 Å². The molecule has 1 nitrogen and oxygen atoms in total. The van der Waals surface area contributed by atoms with Crippen molar-refractivity contribution < 1.29 is 0 Å². The number of para-hydroxylation sites is 1. The number of anilines is 1. The Morgan fingerprint density at radius 3 is 2.82 bits per heavy atom. The third-order valence-electron chi connectivity index (χ3n) is 3.97. The van der Waals surface area contributed by atoms with E-state index >= 15 is 0 Å². The van der Waals surface area contributed by atoms with Crippen molar-refractivity contribution in [3.63, 3.8) is 0 Å². The summed E-state index contributed by atoms with van der Waals surface area (Å²) in [6.45, 7) is 3.50. The summed E-state index contributed by atoms with van der Waals surface area (Å²) in [6, 6.07) is 10.8. The highest BCUT2D eigenvalue weighted by molar-refractivity contribution is 5.54. The summed E-state index contributed by atoms with van der Waals surface area (Å²) < 4.78 is 0. The summed E-state index contributed by atoms with van der Waals surface area (Å²) in [5.74, 6) is 1.40. The number of rotatable bonds is 1. The third kappa shape index (κ3) is 1.90. The predicted octanol–water partition coefficient (Wildman–Crippen LogP) is 3.99. The molecule has 1 heteroatoms. The van der Waals surface area contributed by atoms with Crippen molar-refractivity contribution in [2.24, 2.45) is 11.8 Å². The van der Waals surface area contributed by atoms with Crippen molar-refractivity contribution in [2.75, 3.05) is 11.4 Å². The van der Waals surface area contributed by atoms with E-state index in [0.29, 0.717) is 11.8 Å². The Kier molecular flexibility index (Phi) is 2.76. The van der Waals surface area contributed by atoms with Crippen LogP contribution in [0.25, 0.3) is 0 Å². The van der Waals surface area contributed by atoms with Crippen LogP contribution < -0.4 is 4.90 Å². The van der Waals surface area contributed by atoms with E-state index in [4.69, 9.17) is 0 Å². The zero-order valence-corrected chi connectivity index (χ0v) is 10.3. The number of benzene rings is 1. The summed E-state index contributed by atoms with van der Waals surface area (Å²) >= 11 is 0. The molecular formula is C16H19N. The highest BCUT2D eigenvalue weighted by atomic mass is 15.2. The molecule has 17 heavy (non-hydrogen) atoms. The molecule has 1 aromatic carbocycles. The van der Waals surface area contributed by atoms with E-state index in [1.165, 1.54) is 24.2 Å². The maximum absolute atomic E-state index is 2.49. The van der Waals surface area contributed by atoms with Crippen LogP contribution in [0.2, 0.25) is 0 Å². The first kappa shape index (κ1) is 10.6. The molecule has 0 radical (unpaired) electrons. The summed E-state index contributed by atoms with van der Waals surface area (Å²) in [6.07, 6.45) is 9.49. The number of piperidine rings is 1. The normalized spacial score (nSPS) is 27.6. The van der Waals surface area contributed by atoms with Gasteiger partial charge in [0.05, 0.1) is 0 Å². The van der Waals surface area contributed by atoms with Gasteiger partial charge < -0.3 is 4.90 Å². The van der Waals surface area contributed by atoms with Gasteiger partial charge >= 0.3 is 0 Å². The van der Waals surface area contributed by atoms with Crippen LogP contribution >= 0.6 is 0 Å². The van der Waals surface area contributed by atoms with Crippen molar-refractivity contribution in [1.29, 1.82) is 0 Å². The second-order valence-electron chi connectivity index (χ2n) is 5.07. The van der Waals surface area contributed by atoms with Gasteiger partial charge in [-0.3, -0.25) is 0 Å². The highest BCUT2D eigenvalue weighted by Crippen LogP contribution is 2.38. The lowest BCUT2D eigenvalue weighted by Crippen LogP contribution is -2.36. The maximum Gasteiger partial charge on any atom is 0.0408 e. The number of nitrogens with zero attached hydrogens (tertiary/aromatic N) is 1. The van der Waals surface area contributed by atoms with Gasteiger partial charge in [-0.15, -0.1) is 0 Å². The minimum Gasteiger partial charge on any atom is -0.345 e. The molecular weight excluding hydrogens is 206 g/mol. The van der Waals surface area contributed by atoms with Crippen molar-refractivity contribution >= 4 is 5.69 Å². The van der Waals surface area contributed by atoms with Crippen LogP contribution in [-0.2, 0) is 0 Å². The molecule has 1 heterocycles. The second-order valence-corrected chi connectivity index (χ2v) is 5.07. The molecule has 1 aliphatic heterocycles.